The lowest BCUT2D eigenvalue weighted by Crippen LogP contribution is -2.35. The Bertz CT molecular complexity index is 841. The monoisotopic (exact) mass is 343 g/mol. The van der Waals surface area contributed by atoms with Crippen LogP contribution in [-0.4, -0.2) is 28.6 Å². The van der Waals surface area contributed by atoms with Crippen LogP contribution in [0.25, 0.3) is 0 Å². The van der Waals surface area contributed by atoms with Gasteiger partial charge < -0.3 is 10.1 Å². The number of aryl methyl sites for hydroxylation is 4. The van der Waals surface area contributed by atoms with Crippen LogP contribution >= 0.6 is 0 Å². The first-order valence-electron chi connectivity index (χ1n) is 8.31. The number of hydrogen-bond donors (Lipinski definition) is 1. The van der Waals surface area contributed by atoms with Crippen LogP contribution in [0.4, 0.5) is 0 Å². The fourth-order valence-corrected chi connectivity index (χ4v) is 2.69. The van der Waals surface area contributed by atoms with Crippen LogP contribution in [0, 0.1) is 34.6 Å². The molecule has 1 heterocycles. The number of amides is 1. The van der Waals surface area contributed by atoms with E-state index in [1.54, 1.807) is 11.5 Å². The third kappa shape index (κ3) is 4.68. The van der Waals surface area contributed by atoms with E-state index in [0.717, 1.165) is 28.1 Å². The molecular weight excluding hydrogens is 318 g/mol. The Morgan fingerprint density at radius 3 is 2.52 bits per heavy atom. The lowest BCUT2D eigenvalue weighted by atomic mass is 10.1. The zero-order valence-corrected chi connectivity index (χ0v) is 15.5. The number of benzene rings is 1. The molecule has 6 heteroatoms. The molecule has 1 aromatic heterocycles. The van der Waals surface area contributed by atoms with E-state index in [4.69, 9.17) is 4.74 Å². The molecule has 2 aromatic rings. The van der Waals surface area contributed by atoms with Gasteiger partial charge in [-0.25, -0.2) is 4.79 Å². The van der Waals surface area contributed by atoms with Gasteiger partial charge in [0, 0.05) is 24.5 Å². The minimum absolute atomic E-state index is 0.0504. The van der Waals surface area contributed by atoms with Crippen LogP contribution in [-0.2, 0) is 11.3 Å². The smallest absolute Gasteiger partial charge is 0.348 e. The van der Waals surface area contributed by atoms with Crippen LogP contribution in [0.2, 0.25) is 0 Å². The molecule has 1 amide bonds. The summed E-state index contributed by atoms with van der Waals surface area (Å²) in [5.74, 6) is 0.538. The van der Waals surface area contributed by atoms with Crippen LogP contribution in [0.3, 0.4) is 0 Å². The van der Waals surface area contributed by atoms with Gasteiger partial charge in [0.15, 0.2) is 6.61 Å². The Morgan fingerprint density at radius 1 is 1.16 bits per heavy atom. The molecule has 1 aromatic carbocycles. The van der Waals surface area contributed by atoms with Crippen molar-refractivity contribution in [2.24, 2.45) is 0 Å². The summed E-state index contributed by atoms with van der Waals surface area (Å²) in [4.78, 5) is 27.8. The molecule has 0 aliphatic heterocycles. The molecule has 1 N–H and O–H groups in total. The predicted octanol–water partition coefficient (Wildman–Crippen LogP) is 1.98. The SMILES string of the molecule is Cc1cc(C)n(CCNC(=O)COc2c(C)ccc(C)c2C)c(=O)n1. The van der Waals surface area contributed by atoms with Crippen molar-refractivity contribution in [2.45, 2.75) is 41.2 Å². The maximum atomic E-state index is 12.0. The van der Waals surface area contributed by atoms with Crippen molar-refractivity contribution >= 4 is 5.91 Å². The molecule has 0 radical (unpaired) electrons. The number of carbonyl (C=O) groups is 1. The highest BCUT2D eigenvalue weighted by Gasteiger charge is 2.09. The predicted molar refractivity (Wildman–Crippen MR) is 97.1 cm³/mol. The van der Waals surface area contributed by atoms with Gasteiger partial charge in [0.1, 0.15) is 5.75 Å². The molecule has 134 valence electrons. The van der Waals surface area contributed by atoms with Gasteiger partial charge in [0.25, 0.3) is 5.91 Å². The number of rotatable bonds is 6. The highest BCUT2D eigenvalue weighted by atomic mass is 16.5. The maximum Gasteiger partial charge on any atom is 0.348 e. The van der Waals surface area contributed by atoms with Crippen LogP contribution < -0.4 is 15.7 Å². The van der Waals surface area contributed by atoms with Crippen LogP contribution in [0.5, 0.6) is 5.75 Å². The molecule has 2 rings (SSSR count). The number of aromatic nitrogens is 2. The minimum Gasteiger partial charge on any atom is -0.483 e. The second-order valence-corrected chi connectivity index (χ2v) is 6.27. The third-order valence-corrected chi connectivity index (χ3v) is 4.23. The molecule has 0 atom stereocenters. The number of hydrogen-bond acceptors (Lipinski definition) is 4. The van der Waals surface area contributed by atoms with Crippen molar-refractivity contribution in [3.05, 3.63) is 56.8 Å². The van der Waals surface area contributed by atoms with Gasteiger partial charge in [-0.15, -0.1) is 0 Å². The van der Waals surface area contributed by atoms with Crippen LogP contribution in [0.1, 0.15) is 28.1 Å². The van der Waals surface area contributed by atoms with Crippen molar-refractivity contribution in [3.63, 3.8) is 0 Å². The second-order valence-electron chi connectivity index (χ2n) is 6.27. The highest BCUT2D eigenvalue weighted by molar-refractivity contribution is 5.77. The molecular formula is C19H25N3O3. The summed E-state index contributed by atoms with van der Waals surface area (Å²) in [6, 6.07) is 5.86. The first-order chi connectivity index (χ1) is 11.8. The molecule has 0 aliphatic carbocycles. The zero-order valence-electron chi connectivity index (χ0n) is 15.5. The summed E-state index contributed by atoms with van der Waals surface area (Å²) in [5, 5.41) is 2.77. The van der Waals surface area contributed by atoms with E-state index in [1.165, 1.54) is 0 Å². The first kappa shape index (κ1) is 18.7. The van der Waals surface area contributed by atoms with Crippen molar-refractivity contribution < 1.29 is 9.53 Å². The molecule has 0 unspecified atom stereocenters. The van der Waals surface area contributed by atoms with Gasteiger partial charge in [-0.2, -0.15) is 4.98 Å². The molecule has 0 aliphatic rings. The second kappa shape index (κ2) is 7.96. The minimum atomic E-state index is -0.297. The van der Waals surface area contributed by atoms with Crippen molar-refractivity contribution in [1.29, 1.82) is 0 Å². The maximum absolute atomic E-state index is 12.0. The summed E-state index contributed by atoms with van der Waals surface area (Å²) >= 11 is 0. The van der Waals surface area contributed by atoms with Gasteiger partial charge in [-0.3, -0.25) is 9.36 Å². The molecule has 0 saturated heterocycles. The number of nitrogens with zero attached hydrogens (tertiary/aromatic N) is 2. The fraction of sp³-hybridized carbons (Fsp3) is 0.421. The Hall–Kier alpha value is -2.63. The number of ether oxygens (including phenoxy) is 1. The Labute approximate surface area is 147 Å². The molecule has 0 saturated carbocycles. The van der Waals surface area contributed by atoms with E-state index >= 15 is 0 Å². The Morgan fingerprint density at radius 2 is 1.84 bits per heavy atom. The molecule has 0 spiro atoms. The highest BCUT2D eigenvalue weighted by Crippen LogP contribution is 2.25. The quantitative estimate of drug-likeness (QED) is 0.870. The van der Waals surface area contributed by atoms with E-state index in [2.05, 4.69) is 10.3 Å². The average molecular weight is 343 g/mol. The van der Waals surface area contributed by atoms with Gasteiger partial charge in [0.05, 0.1) is 0 Å². The van der Waals surface area contributed by atoms with Crippen LogP contribution in [0.15, 0.2) is 23.0 Å². The standard InChI is InChI=1S/C19H25N3O3/c1-12-6-7-13(2)18(16(12)5)25-11-17(23)20-8-9-22-15(4)10-14(3)21-19(22)24/h6-7,10H,8-9,11H2,1-5H3,(H,20,23). The van der Waals surface area contributed by atoms with Gasteiger partial charge >= 0.3 is 5.69 Å². The van der Waals surface area contributed by atoms with Gasteiger partial charge in [0.2, 0.25) is 0 Å². The Kier molecular flexibility index (Phi) is 5.96. The molecule has 25 heavy (non-hydrogen) atoms. The average Bonchev–Trinajstić information content (AvgIpc) is 2.53. The summed E-state index contributed by atoms with van der Waals surface area (Å²) < 4.78 is 7.23. The van der Waals surface area contributed by atoms with Crippen molar-refractivity contribution in [3.8, 4) is 5.75 Å². The number of carbonyl (C=O) groups excluding carboxylic acids is 1. The number of nitrogens with one attached hydrogen (secondary N) is 1. The van der Waals surface area contributed by atoms with Gasteiger partial charge in [-0.1, -0.05) is 12.1 Å². The summed E-state index contributed by atoms with van der Waals surface area (Å²) in [5.41, 5.74) is 4.40. The summed E-state index contributed by atoms with van der Waals surface area (Å²) in [6.45, 7) is 10.3. The largest absolute Gasteiger partial charge is 0.483 e. The van der Waals surface area contributed by atoms with Gasteiger partial charge in [-0.05, 0) is 57.4 Å². The summed E-state index contributed by atoms with van der Waals surface area (Å²) in [6.07, 6.45) is 0. The lowest BCUT2D eigenvalue weighted by Gasteiger charge is -2.14. The molecule has 0 fully saturated rings. The van der Waals surface area contributed by atoms with E-state index in [1.807, 2.05) is 45.9 Å². The normalized spacial score (nSPS) is 10.6. The first-order valence-corrected chi connectivity index (χ1v) is 8.31. The van der Waals surface area contributed by atoms with Crippen molar-refractivity contribution in [2.75, 3.05) is 13.2 Å². The van der Waals surface area contributed by atoms with Crippen molar-refractivity contribution in [1.82, 2.24) is 14.9 Å². The summed E-state index contributed by atoms with van der Waals surface area (Å²) in [7, 11) is 0. The fourth-order valence-electron chi connectivity index (χ4n) is 2.69. The Balaban J connectivity index is 1.88. The van der Waals surface area contributed by atoms with E-state index in [0.29, 0.717) is 18.8 Å². The molecule has 6 nitrogen and oxygen atoms in total. The van der Waals surface area contributed by atoms with E-state index < -0.39 is 0 Å². The molecule has 0 bridgehead atoms. The topological polar surface area (TPSA) is 73.2 Å². The van der Waals surface area contributed by atoms with E-state index in [9.17, 15) is 9.59 Å². The van der Waals surface area contributed by atoms with E-state index in [-0.39, 0.29) is 18.2 Å². The lowest BCUT2D eigenvalue weighted by molar-refractivity contribution is -0.123. The third-order valence-electron chi connectivity index (χ3n) is 4.23. The zero-order chi connectivity index (χ0) is 18.6.